The Morgan fingerprint density at radius 1 is 0.931 bits per heavy atom. The van der Waals surface area contributed by atoms with Gasteiger partial charge in [-0.25, -0.2) is 0 Å². The second kappa shape index (κ2) is 9.34. The Balaban J connectivity index is 1.41. The van der Waals surface area contributed by atoms with Crippen molar-refractivity contribution in [3.63, 3.8) is 0 Å². The van der Waals surface area contributed by atoms with Crippen LogP contribution in [0.2, 0.25) is 0 Å². The summed E-state index contributed by atoms with van der Waals surface area (Å²) >= 11 is 0. The fourth-order valence-electron chi connectivity index (χ4n) is 3.57. The van der Waals surface area contributed by atoms with Gasteiger partial charge in [0.25, 0.3) is 5.91 Å². The summed E-state index contributed by atoms with van der Waals surface area (Å²) in [5.74, 6) is 1.14. The Morgan fingerprint density at radius 3 is 2.55 bits per heavy atom. The van der Waals surface area contributed by atoms with E-state index < -0.39 is 0 Å². The minimum absolute atomic E-state index is 0.152. The van der Waals surface area contributed by atoms with Crippen LogP contribution in [0.25, 0.3) is 0 Å². The zero-order chi connectivity index (χ0) is 19.9. The van der Waals surface area contributed by atoms with Crippen molar-refractivity contribution in [1.82, 2.24) is 9.88 Å². The lowest BCUT2D eigenvalue weighted by molar-refractivity contribution is 0.102. The molecule has 4 rings (SSSR count). The van der Waals surface area contributed by atoms with Crippen LogP contribution < -0.4 is 10.1 Å². The van der Waals surface area contributed by atoms with Gasteiger partial charge in [-0.1, -0.05) is 24.6 Å². The highest BCUT2D eigenvalue weighted by Gasteiger charge is 2.12. The molecule has 148 valence electrons. The molecule has 1 amide bonds. The van der Waals surface area contributed by atoms with Gasteiger partial charge in [0.15, 0.2) is 0 Å². The number of nitrogens with one attached hydrogen (secondary N) is 1. The first-order valence-corrected chi connectivity index (χ1v) is 10.1. The number of carbonyl (C=O) groups excluding carboxylic acids is 1. The molecule has 5 heteroatoms. The molecule has 1 aromatic heterocycles. The number of ether oxygens (including phenoxy) is 1. The maximum atomic E-state index is 12.7. The van der Waals surface area contributed by atoms with Crippen molar-refractivity contribution in [2.45, 2.75) is 25.8 Å². The van der Waals surface area contributed by atoms with Crippen LogP contribution in [0.3, 0.4) is 0 Å². The van der Waals surface area contributed by atoms with Crippen molar-refractivity contribution < 1.29 is 9.53 Å². The Labute approximate surface area is 171 Å². The van der Waals surface area contributed by atoms with Crippen LogP contribution in [0.4, 0.5) is 5.69 Å². The lowest BCUT2D eigenvalue weighted by atomic mass is 10.1. The standard InChI is InChI=1S/C24H25N3O2/c28-24(20-7-5-9-23(17-20)29-22-10-12-25-13-11-22)26-21-8-4-6-19(16-21)18-27-14-2-1-3-15-27/h4-13,16-17H,1-3,14-15,18H2,(H,26,28). The number of likely N-dealkylation sites (tertiary alicyclic amines) is 1. The predicted molar refractivity (Wildman–Crippen MR) is 114 cm³/mol. The van der Waals surface area contributed by atoms with Gasteiger partial charge in [0.05, 0.1) is 0 Å². The van der Waals surface area contributed by atoms with E-state index in [1.807, 2.05) is 24.3 Å². The number of pyridine rings is 1. The van der Waals surface area contributed by atoms with Crippen molar-refractivity contribution in [3.05, 3.63) is 84.2 Å². The molecule has 1 N–H and O–H groups in total. The number of carbonyl (C=O) groups is 1. The van der Waals surface area contributed by atoms with Gasteiger partial charge in [0, 0.05) is 30.2 Å². The molecule has 5 nitrogen and oxygen atoms in total. The zero-order valence-corrected chi connectivity index (χ0v) is 16.4. The molecule has 2 aromatic carbocycles. The molecule has 29 heavy (non-hydrogen) atoms. The third kappa shape index (κ3) is 5.42. The molecule has 2 heterocycles. The van der Waals surface area contributed by atoms with Gasteiger partial charge in [-0.3, -0.25) is 14.7 Å². The van der Waals surface area contributed by atoms with Crippen LogP contribution in [0.5, 0.6) is 11.5 Å². The molecule has 0 atom stereocenters. The summed E-state index contributed by atoms with van der Waals surface area (Å²) in [6, 6.07) is 18.8. The fraction of sp³-hybridized carbons (Fsp3) is 0.250. The van der Waals surface area contributed by atoms with Gasteiger partial charge in [-0.05, 0) is 74.0 Å². The van der Waals surface area contributed by atoms with Gasteiger partial charge >= 0.3 is 0 Å². The second-order valence-corrected chi connectivity index (χ2v) is 7.30. The summed E-state index contributed by atoms with van der Waals surface area (Å²) in [5.41, 5.74) is 2.59. The van der Waals surface area contributed by atoms with E-state index >= 15 is 0 Å². The lowest BCUT2D eigenvalue weighted by Gasteiger charge is -2.26. The third-order valence-electron chi connectivity index (χ3n) is 5.02. The van der Waals surface area contributed by atoms with E-state index in [9.17, 15) is 4.79 Å². The molecule has 3 aromatic rings. The first kappa shape index (κ1) is 19.2. The maximum Gasteiger partial charge on any atom is 0.255 e. The number of amides is 1. The van der Waals surface area contributed by atoms with E-state index in [1.54, 1.807) is 36.7 Å². The van der Waals surface area contributed by atoms with E-state index in [-0.39, 0.29) is 5.91 Å². The number of anilines is 1. The highest BCUT2D eigenvalue weighted by molar-refractivity contribution is 6.04. The van der Waals surface area contributed by atoms with Crippen molar-refractivity contribution in [2.24, 2.45) is 0 Å². The molecule has 0 bridgehead atoms. The van der Waals surface area contributed by atoms with Gasteiger partial charge < -0.3 is 10.1 Å². The normalized spacial score (nSPS) is 14.3. The molecule has 0 radical (unpaired) electrons. The van der Waals surface area contributed by atoms with Gasteiger partial charge in [0.2, 0.25) is 0 Å². The molecule has 1 aliphatic rings. The number of aromatic nitrogens is 1. The van der Waals surface area contributed by atoms with Crippen LogP contribution >= 0.6 is 0 Å². The molecule has 0 saturated carbocycles. The molecular weight excluding hydrogens is 362 g/mol. The number of benzene rings is 2. The average molecular weight is 387 g/mol. The summed E-state index contributed by atoms with van der Waals surface area (Å²) in [5, 5.41) is 3.00. The third-order valence-corrected chi connectivity index (χ3v) is 5.02. The first-order chi connectivity index (χ1) is 14.3. The Hall–Kier alpha value is -3.18. The number of hydrogen-bond acceptors (Lipinski definition) is 4. The smallest absolute Gasteiger partial charge is 0.255 e. The molecule has 0 aliphatic carbocycles. The topological polar surface area (TPSA) is 54.5 Å². The summed E-state index contributed by atoms with van der Waals surface area (Å²) < 4.78 is 5.80. The molecular formula is C24H25N3O2. The SMILES string of the molecule is O=C(Nc1cccc(CN2CCCCC2)c1)c1cccc(Oc2ccncc2)c1. The number of rotatable bonds is 6. The van der Waals surface area contributed by atoms with Crippen LogP contribution in [0.1, 0.15) is 35.2 Å². The van der Waals surface area contributed by atoms with Crippen LogP contribution in [-0.2, 0) is 6.54 Å². The van der Waals surface area contributed by atoms with E-state index in [4.69, 9.17) is 4.74 Å². The summed E-state index contributed by atoms with van der Waals surface area (Å²) in [6.07, 6.45) is 7.21. The Bertz CT molecular complexity index is 953. The van der Waals surface area contributed by atoms with Crippen LogP contribution in [0, 0.1) is 0 Å². The highest BCUT2D eigenvalue weighted by Crippen LogP contribution is 2.22. The van der Waals surface area contributed by atoms with E-state index in [0.717, 1.165) is 25.3 Å². The molecule has 1 saturated heterocycles. The monoisotopic (exact) mass is 387 g/mol. The first-order valence-electron chi connectivity index (χ1n) is 10.1. The number of nitrogens with zero attached hydrogens (tertiary/aromatic N) is 2. The van der Waals surface area contributed by atoms with Gasteiger partial charge in [-0.2, -0.15) is 0 Å². The maximum absolute atomic E-state index is 12.7. The minimum Gasteiger partial charge on any atom is -0.457 e. The molecule has 1 fully saturated rings. The quantitative estimate of drug-likeness (QED) is 0.638. The number of piperidine rings is 1. The second-order valence-electron chi connectivity index (χ2n) is 7.30. The van der Waals surface area contributed by atoms with Crippen molar-refractivity contribution in [1.29, 1.82) is 0 Å². The zero-order valence-electron chi connectivity index (χ0n) is 16.4. The minimum atomic E-state index is -0.152. The fourth-order valence-corrected chi connectivity index (χ4v) is 3.57. The molecule has 1 aliphatic heterocycles. The highest BCUT2D eigenvalue weighted by atomic mass is 16.5. The average Bonchev–Trinajstić information content (AvgIpc) is 2.76. The lowest BCUT2D eigenvalue weighted by Crippen LogP contribution is -2.29. The van der Waals surface area contributed by atoms with Crippen LogP contribution in [-0.4, -0.2) is 28.9 Å². The Kier molecular flexibility index (Phi) is 6.17. The largest absolute Gasteiger partial charge is 0.457 e. The molecule has 0 unspecified atom stereocenters. The Morgan fingerprint density at radius 2 is 1.72 bits per heavy atom. The van der Waals surface area contributed by atoms with Crippen molar-refractivity contribution in [3.8, 4) is 11.5 Å². The van der Waals surface area contributed by atoms with Crippen LogP contribution in [0.15, 0.2) is 73.1 Å². The summed E-state index contributed by atoms with van der Waals surface area (Å²) in [6.45, 7) is 3.24. The summed E-state index contributed by atoms with van der Waals surface area (Å²) in [7, 11) is 0. The van der Waals surface area contributed by atoms with E-state index in [1.165, 1.54) is 24.8 Å². The van der Waals surface area contributed by atoms with Gasteiger partial charge in [-0.15, -0.1) is 0 Å². The van der Waals surface area contributed by atoms with Crippen molar-refractivity contribution >= 4 is 11.6 Å². The van der Waals surface area contributed by atoms with E-state index in [2.05, 4.69) is 27.3 Å². The molecule has 0 spiro atoms. The van der Waals surface area contributed by atoms with Crippen molar-refractivity contribution in [2.75, 3.05) is 18.4 Å². The number of hydrogen-bond donors (Lipinski definition) is 1. The van der Waals surface area contributed by atoms with Gasteiger partial charge in [0.1, 0.15) is 11.5 Å². The predicted octanol–water partition coefficient (Wildman–Crippen LogP) is 5.11. The summed E-state index contributed by atoms with van der Waals surface area (Å²) in [4.78, 5) is 19.2. The van der Waals surface area contributed by atoms with E-state index in [0.29, 0.717) is 17.1 Å².